The highest BCUT2D eigenvalue weighted by atomic mass is 16.5. The van der Waals surface area contributed by atoms with Crippen molar-refractivity contribution in [2.75, 3.05) is 20.2 Å². The van der Waals surface area contributed by atoms with Gasteiger partial charge in [-0.2, -0.15) is 0 Å². The molecule has 2 nitrogen and oxygen atoms in total. The molecule has 2 heteroatoms. The Morgan fingerprint density at radius 1 is 1.40 bits per heavy atom. The Morgan fingerprint density at radius 3 is 2.70 bits per heavy atom. The lowest BCUT2D eigenvalue weighted by molar-refractivity contribution is 0.409. The maximum atomic E-state index is 5.50. The summed E-state index contributed by atoms with van der Waals surface area (Å²) in [4.78, 5) is 0. The van der Waals surface area contributed by atoms with E-state index in [1.54, 1.807) is 7.11 Å². The SMILES string of the molecule is CCC1CC1(CNCC(C)C)c1ccc(C)c(OC)c1. The minimum absolute atomic E-state index is 0.338. The number of rotatable bonds is 7. The number of ether oxygens (including phenoxy) is 1. The molecule has 1 fully saturated rings. The van der Waals surface area contributed by atoms with E-state index in [-0.39, 0.29) is 0 Å². The lowest BCUT2D eigenvalue weighted by Crippen LogP contribution is -2.31. The van der Waals surface area contributed by atoms with Gasteiger partial charge >= 0.3 is 0 Å². The Labute approximate surface area is 123 Å². The number of methoxy groups -OCH3 is 1. The molecular weight excluding hydrogens is 246 g/mol. The lowest BCUT2D eigenvalue weighted by Gasteiger charge is -2.21. The van der Waals surface area contributed by atoms with E-state index in [0.717, 1.165) is 24.8 Å². The third-order valence-electron chi connectivity index (χ3n) is 4.70. The molecule has 2 rings (SSSR count). The molecule has 0 aliphatic heterocycles. The number of aryl methyl sites for hydroxylation is 1. The predicted molar refractivity (Wildman–Crippen MR) is 85.5 cm³/mol. The van der Waals surface area contributed by atoms with Crippen LogP contribution in [0.4, 0.5) is 0 Å². The van der Waals surface area contributed by atoms with Crippen LogP contribution in [0.25, 0.3) is 0 Å². The van der Waals surface area contributed by atoms with Crippen molar-refractivity contribution in [2.24, 2.45) is 11.8 Å². The van der Waals surface area contributed by atoms with Gasteiger partial charge in [0, 0.05) is 12.0 Å². The van der Waals surface area contributed by atoms with Gasteiger partial charge in [-0.15, -0.1) is 0 Å². The summed E-state index contributed by atoms with van der Waals surface area (Å²) >= 11 is 0. The second kappa shape index (κ2) is 6.17. The van der Waals surface area contributed by atoms with E-state index in [4.69, 9.17) is 4.74 Å². The fraction of sp³-hybridized carbons (Fsp3) is 0.667. The zero-order valence-electron chi connectivity index (χ0n) is 13.6. The second-order valence-corrected chi connectivity index (χ2v) is 6.67. The Morgan fingerprint density at radius 2 is 2.15 bits per heavy atom. The summed E-state index contributed by atoms with van der Waals surface area (Å²) in [5.74, 6) is 2.54. The Hall–Kier alpha value is -1.02. The number of nitrogens with one attached hydrogen (secondary N) is 1. The van der Waals surface area contributed by atoms with Gasteiger partial charge < -0.3 is 10.1 Å². The van der Waals surface area contributed by atoms with Crippen LogP contribution in [-0.2, 0) is 5.41 Å². The predicted octanol–water partition coefficient (Wildman–Crippen LogP) is 3.92. The van der Waals surface area contributed by atoms with Crippen molar-refractivity contribution in [3.8, 4) is 5.75 Å². The molecule has 0 amide bonds. The van der Waals surface area contributed by atoms with Crippen LogP contribution in [0.3, 0.4) is 0 Å². The maximum absolute atomic E-state index is 5.50. The molecule has 20 heavy (non-hydrogen) atoms. The van der Waals surface area contributed by atoms with Crippen molar-refractivity contribution < 1.29 is 4.74 Å². The minimum atomic E-state index is 0.338. The smallest absolute Gasteiger partial charge is 0.122 e. The summed E-state index contributed by atoms with van der Waals surface area (Å²) in [7, 11) is 1.76. The Bertz CT molecular complexity index is 455. The molecule has 0 spiro atoms. The van der Waals surface area contributed by atoms with E-state index in [2.05, 4.69) is 51.2 Å². The van der Waals surface area contributed by atoms with Crippen LogP contribution in [0.2, 0.25) is 0 Å². The number of hydrogen-bond acceptors (Lipinski definition) is 2. The van der Waals surface area contributed by atoms with Crippen molar-refractivity contribution in [2.45, 2.75) is 46.0 Å². The van der Waals surface area contributed by atoms with Crippen molar-refractivity contribution in [1.29, 1.82) is 0 Å². The van der Waals surface area contributed by atoms with E-state index < -0.39 is 0 Å². The Kier molecular flexibility index (Phi) is 4.74. The molecule has 1 saturated carbocycles. The highest BCUT2D eigenvalue weighted by Gasteiger charge is 2.53. The van der Waals surface area contributed by atoms with Crippen LogP contribution in [-0.4, -0.2) is 20.2 Å². The van der Waals surface area contributed by atoms with Crippen molar-refractivity contribution >= 4 is 0 Å². The molecule has 1 aromatic carbocycles. The molecule has 1 aromatic rings. The molecule has 1 N–H and O–H groups in total. The van der Waals surface area contributed by atoms with Crippen molar-refractivity contribution in [3.63, 3.8) is 0 Å². The van der Waals surface area contributed by atoms with Gasteiger partial charge in [-0.3, -0.25) is 0 Å². The number of hydrogen-bond donors (Lipinski definition) is 1. The molecular formula is C18H29NO. The lowest BCUT2D eigenvalue weighted by atomic mass is 9.91. The Balaban J connectivity index is 2.16. The molecule has 0 bridgehead atoms. The van der Waals surface area contributed by atoms with Gasteiger partial charge in [-0.05, 0) is 48.9 Å². The highest BCUT2D eigenvalue weighted by molar-refractivity contribution is 5.43. The molecule has 1 aliphatic rings. The second-order valence-electron chi connectivity index (χ2n) is 6.67. The average molecular weight is 275 g/mol. The van der Waals surface area contributed by atoms with E-state index in [1.807, 2.05) is 0 Å². The third-order valence-corrected chi connectivity index (χ3v) is 4.70. The third kappa shape index (κ3) is 3.01. The first-order chi connectivity index (χ1) is 9.53. The molecule has 0 heterocycles. The monoisotopic (exact) mass is 275 g/mol. The summed E-state index contributed by atoms with van der Waals surface area (Å²) < 4.78 is 5.50. The summed E-state index contributed by atoms with van der Waals surface area (Å²) in [5, 5.41) is 3.66. The van der Waals surface area contributed by atoms with Crippen LogP contribution in [0.1, 0.15) is 44.7 Å². The topological polar surface area (TPSA) is 21.3 Å². The largest absolute Gasteiger partial charge is 0.496 e. The zero-order chi connectivity index (χ0) is 14.8. The van der Waals surface area contributed by atoms with Crippen LogP contribution in [0.15, 0.2) is 18.2 Å². The van der Waals surface area contributed by atoms with Crippen LogP contribution in [0.5, 0.6) is 5.75 Å². The van der Waals surface area contributed by atoms with Gasteiger partial charge in [0.2, 0.25) is 0 Å². The van der Waals surface area contributed by atoms with E-state index >= 15 is 0 Å². The van der Waals surface area contributed by atoms with E-state index in [1.165, 1.54) is 24.0 Å². The molecule has 0 radical (unpaired) electrons. The number of benzene rings is 1. The highest BCUT2D eigenvalue weighted by Crippen LogP contribution is 2.56. The van der Waals surface area contributed by atoms with Gasteiger partial charge in [0.05, 0.1) is 7.11 Å². The molecule has 2 atom stereocenters. The first kappa shape index (κ1) is 15.4. The van der Waals surface area contributed by atoms with Gasteiger partial charge in [-0.25, -0.2) is 0 Å². The fourth-order valence-electron chi connectivity index (χ4n) is 3.30. The van der Waals surface area contributed by atoms with E-state index in [0.29, 0.717) is 11.3 Å². The average Bonchev–Trinajstić information content (AvgIpc) is 3.13. The van der Waals surface area contributed by atoms with Crippen LogP contribution in [0, 0.1) is 18.8 Å². The summed E-state index contributed by atoms with van der Waals surface area (Å²) in [6.45, 7) is 11.1. The molecule has 0 saturated heterocycles. The zero-order valence-corrected chi connectivity index (χ0v) is 13.6. The summed E-state index contributed by atoms with van der Waals surface area (Å²) in [5.41, 5.74) is 3.00. The molecule has 112 valence electrons. The van der Waals surface area contributed by atoms with E-state index in [9.17, 15) is 0 Å². The minimum Gasteiger partial charge on any atom is -0.496 e. The molecule has 2 unspecified atom stereocenters. The van der Waals surface area contributed by atoms with Gasteiger partial charge in [0.1, 0.15) is 5.75 Å². The molecule has 0 aromatic heterocycles. The van der Waals surface area contributed by atoms with Crippen molar-refractivity contribution in [1.82, 2.24) is 5.32 Å². The quantitative estimate of drug-likeness (QED) is 0.814. The first-order valence-corrected chi connectivity index (χ1v) is 7.89. The van der Waals surface area contributed by atoms with Gasteiger partial charge in [-0.1, -0.05) is 39.3 Å². The van der Waals surface area contributed by atoms with Crippen LogP contribution >= 0.6 is 0 Å². The van der Waals surface area contributed by atoms with Crippen molar-refractivity contribution in [3.05, 3.63) is 29.3 Å². The standard InChI is InChI=1S/C18H29NO/c1-6-15-10-18(15,12-19-11-13(2)3)16-8-7-14(4)17(9-16)20-5/h7-9,13,15,19H,6,10-12H2,1-5H3. The normalized spacial score (nSPS) is 25.0. The maximum Gasteiger partial charge on any atom is 0.122 e. The van der Waals surface area contributed by atoms with Gasteiger partial charge in [0.25, 0.3) is 0 Å². The summed E-state index contributed by atoms with van der Waals surface area (Å²) in [6, 6.07) is 6.75. The fourth-order valence-corrected chi connectivity index (χ4v) is 3.30. The first-order valence-electron chi connectivity index (χ1n) is 7.89. The summed E-state index contributed by atoms with van der Waals surface area (Å²) in [6.07, 6.45) is 2.57. The van der Waals surface area contributed by atoms with Gasteiger partial charge in [0.15, 0.2) is 0 Å². The van der Waals surface area contributed by atoms with Crippen LogP contribution < -0.4 is 10.1 Å². The molecule has 1 aliphatic carbocycles.